The van der Waals surface area contributed by atoms with Gasteiger partial charge in [0.15, 0.2) is 0 Å². The Morgan fingerprint density at radius 1 is 1.19 bits per heavy atom. The Kier molecular flexibility index (Phi) is 5.55. The average Bonchev–Trinajstić information content (AvgIpc) is 2.52. The van der Waals surface area contributed by atoms with Crippen molar-refractivity contribution in [1.82, 2.24) is 9.97 Å². The van der Waals surface area contributed by atoms with Gasteiger partial charge in [-0.25, -0.2) is 4.98 Å². The van der Waals surface area contributed by atoms with Crippen molar-refractivity contribution in [3.05, 3.63) is 47.7 Å². The van der Waals surface area contributed by atoms with E-state index in [1.54, 1.807) is 0 Å². The van der Waals surface area contributed by atoms with E-state index < -0.39 is 0 Å². The van der Waals surface area contributed by atoms with E-state index in [1.165, 1.54) is 17.5 Å². The van der Waals surface area contributed by atoms with Crippen molar-refractivity contribution in [3.8, 4) is 0 Å². The number of unbranched alkanes of at least 4 members (excludes halogenated alkanes) is 1. The predicted octanol–water partition coefficient (Wildman–Crippen LogP) is 3.63. The molecule has 0 bridgehead atoms. The summed E-state index contributed by atoms with van der Waals surface area (Å²) in [7, 11) is 2.04. The molecule has 0 saturated heterocycles. The Balaban J connectivity index is 1.99. The van der Waals surface area contributed by atoms with Gasteiger partial charge in [-0.1, -0.05) is 37.6 Å². The summed E-state index contributed by atoms with van der Waals surface area (Å²) in [6.07, 6.45) is 4.14. The summed E-state index contributed by atoms with van der Waals surface area (Å²) in [6.45, 7) is 6.08. The lowest BCUT2D eigenvalue weighted by molar-refractivity contribution is 0.750. The van der Waals surface area contributed by atoms with Crippen LogP contribution in [0.1, 0.15) is 30.9 Å². The third-order valence-electron chi connectivity index (χ3n) is 3.55. The van der Waals surface area contributed by atoms with Crippen LogP contribution in [0.15, 0.2) is 36.5 Å². The SMILES string of the molecule is CCCCN(C)c1nccc(NCc2ccccc2C)n1. The molecule has 4 nitrogen and oxygen atoms in total. The lowest BCUT2D eigenvalue weighted by atomic mass is 10.1. The number of hydrogen-bond acceptors (Lipinski definition) is 4. The van der Waals surface area contributed by atoms with E-state index in [0.717, 1.165) is 31.3 Å². The lowest BCUT2D eigenvalue weighted by Gasteiger charge is -2.17. The molecule has 0 aliphatic rings. The van der Waals surface area contributed by atoms with Gasteiger partial charge in [0.05, 0.1) is 0 Å². The molecule has 112 valence electrons. The standard InChI is InChI=1S/C17H24N4/c1-4-5-12-21(3)17-18-11-10-16(20-17)19-13-15-9-7-6-8-14(15)2/h6-11H,4-5,12-13H2,1-3H3,(H,18,19,20). The van der Waals surface area contributed by atoms with Gasteiger partial charge in [0.2, 0.25) is 5.95 Å². The van der Waals surface area contributed by atoms with Crippen molar-refractivity contribution >= 4 is 11.8 Å². The molecule has 1 aromatic carbocycles. The van der Waals surface area contributed by atoms with Crippen LogP contribution in [0.5, 0.6) is 0 Å². The molecule has 0 atom stereocenters. The first kappa shape index (κ1) is 15.3. The summed E-state index contributed by atoms with van der Waals surface area (Å²) < 4.78 is 0. The molecule has 0 aliphatic heterocycles. The van der Waals surface area contributed by atoms with Crippen LogP contribution >= 0.6 is 0 Å². The van der Waals surface area contributed by atoms with E-state index in [0.29, 0.717) is 0 Å². The highest BCUT2D eigenvalue weighted by Gasteiger charge is 2.05. The molecule has 0 spiro atoms. The van der Waals surface area contributed by atoms with Crippen LogP contribution in [0.2, 0.25) is 0 Å². The van der Waals surface area contributed by atoms with Crippen molar-refractivity contribution in [2.24, 2.45) is 0 Å². The molecule has 4 heteroatoms. The maximum Gasteiger partial charge on any atom is 0.226 e. The molecule has 0 unspecified atom stereocenters. The molecule has 1 heterocycles. The van der Waals surface area contributed by atoms with Crippen molar-refractivity contribution in [2.75, 3.05) is 23.8 Å². The second-order valence-electron chi connectivity index (χ2n) is 5.30. The Morgan fingerprint density at radius 3 is 2.76 bits per heavy atom. The number of aromatic nitrogens is 2. The first-order valence-electron chi connectivity index (χ1n) is 7.53. The normalized spacial score (nSPS) is 10.4. The number of nitrogens with one attached hydrogen (secondary N) is 1. The zero-order valence-electron chi connectivity index (χ0n) is 13.1. The lowest BCUT2D eigenvalue weighted by Crippen LogP contribution is -2.21. The third-order valence-corrected chi connectivity index (χ3v) is 3.55. The number of anilines is 2. The molecule has 0 aliphatic carbocycles. The quantitative estimate of drug-likeness (QED) is 0.843. The third kappa shape index (κ3) is 4.45. The zero-order valence-corrected chi connectivity index (χ0v) is 13.1. The number of aryl methyl sites for hydroxylation is 1. The first-order valence-corrected chi connectivity index (χ1v) is 7.53. The molecule has 0 fully saturated rings. The number of nitrogens with zero attached hydrogens (tertiary/aromatic N) is 3. The van der Waals surface area contributed by atoms with E-state index in [4.69, 9.17) is 0 Å². The highest BCUT2D eigenvalue weighted by Crippen LogP contribution is 2.13. The van der Waals surface area contributed by atoms with E-state index in [9.17, 15) is 0 Å². The van der Waals surface area contributed by atoms with Crippen LogP contribution in [-0.4, -0.2) is 23.6 Å². The molecule has 0 radical (unpaired) electrons. The zero-order chi connectivity index (χ0) is 15.1. The summed E-state index contributed by atoms with van der Waals surface area (Å²) in [5.74, 6) is 1.64. The fourth-order valence-electron chi connectivity index (χ4n) is 2.12. The highest BCUT2D eigenvalue weighted by atomic mass is 15.2. The largest absolute Gasteiger partial charge is 0.366 e. The molecular formula is C17H24N4. The highest BCUT2D eigenvalue weighted by molar-refractivity contribution is 5.42. The van der Waals surface area contributed by atoms with Gasteiger partial charge in [-0.2, -0.15) is 4.98 Å². The second kappa shape index (κ2) is 7.62. The number of rotatable bonds is 7. The summed E-state index contributed by atoms with van der Waals surface area (Å²) >= 11 is 0. The molecule has 2 aromatic rings. The van der Waals surface area contributed by atoms with Gasteiger partial charge in [0, 0.05) is 26.3 Å². The van der Waals surface area contributed by atoms with Crippen LogP contribution in [0.3, 0.4) is 0 Å². The topological polar surface area (TPSA) is 41.1 Å². The number of hydrogen-bond donors (Lipinski definition) is 1. The molecule has 1 aromatic heterocycles. The van der Waals surface area contributed by atoms with Gasteiger partial charge in [-0.3, -0.25) is 0 Å². The van der Waals surface area contributed by atoms with Crippen molar-refractivity contribution in [3.63, 3.8) is 0 Å². The van der Waals surface area contributed by atoms with Crippen LogP contribution in [0.25, 0.3) is 0 Å². The summed E-state index contributed by atoms with van der Waals surface area (Å²) in [6, 6.07) is 10.3. The minimum atomic E-state index is 0.776. The Bertz CT molecular complexity index is 568. The minimum Gasteiger partial charge on any atom is -0.366 e. The van der Waals surface area contributed by atoms with Crippen LogP contribution in [0, 0.1) is 6.92 Å². The van der Waals surface area contributed by atoms with Gasteiger partial charge in [0.25, 0.3) is 0 Å². The van der Waals surface area contributed by atoms with E-state index >= 15 is 0 Å². The average molecular weight is 284 g/mol. The summed E-state index contributed by atoms with van der Waals surface area (Å²) in [5, 5.41) is 3.38. The number of benzene rings is 1. The van der Waals surface area contributed by atoms with Gasteiger partial charge < -0.3 is 10.2 Å². The molecule has 0 saturated carbocycles. The molecule has 1 N–H and O–H groups in total. The fourth-order valence-corrected chi connectivity index (χ4v) is 2.12. The Labute approximate surface area is 127 Å². The first-order chi connectivity index (χ1) is 10.2. The minimum absolute atomic E-state index is 0.776. The molecule has 2 rings (SSSR count). The Hall–Kier alpha value is -2.10. The van der Waals surface area contributed by atoms with Crippen molar-refractivity contribution < 1.29 is 0 Å². The van der Waals surface area contributed by atoms with E-state index in [2.05, 4.69) is 58.3 Å². The molecule has 0 amide bonds. The fraction of sp³-hybridized carbons (Fsp3) is 0.412. The van der Waals surface area contributed by atoms with E-state index in [-0.39, 0.29) is 0 Å². The smallest absolute Gasteiger partial charge is 0.226 e. The van der Waals surface area contributed by atoms with Gasteiger partial charge in [-0.15, -0.1) is 0 Å². The van der Waals surface area contributed by atoms with Gasteiger partial charge >= 0.3 is 0 Å². The summed E-state index contributed by atoms with van der Waals surface area (Å²) in [5.41, 5.74) is 2.58. The van der Waals surface area contributed by atoms with Gasteiger partial charge in [0.1, 0.15) is 5.82 Å². The Morgan fingerprint density at radius 2 is 2.00 bits per heavy atom. The second-order valence-corrected chi connectivity index (χ2v) is 5.30. The summed E-state index contributed by atoms with van der Waals surface area (Å²) in [4.78, 5) is 11.0. The maximum atomic E-state index is 4.57. The van der Waals surface area contributed by atoms with Crippen molar-refractivity contribution in [2.45, 2.75) is 33.2 Å². The van der Waals surface area contributed by atoms with Crippen molar-refractivity contribution in [1.29, 1.82) is 0 Å². The van der Waals surface area contributed by atoms with Crippen LogP contribution in [-0.2, 0) is 6.54 Å². The molecule has 21 heavy (non-hydrogen) atoms. The maximum absolute atomic E-state index is 4.57. The monoisotopic (exact) mass is 284 g/mol. The molecular weight excluding hydrogens is 260 g/mol. The van der Waals surface area contributed by atoms with Crippen LogP contribution < -0.4 is 10.2 Å². The van der Waals surface area contributed by atoms with Crippen LogP contribution in [0.4, 0.5) is 11.8 Å². The van der Waals surface area contributed by atoms with Gasteiger partial charge in [-0.05, 0) is 30.5 Å². The van der Waals surface area contributed by atoms with E-state index in [1.807, 2.05) is 19.3 Å². The predicted molar refractivity (Wildman–Crippen MR) is 88.7 cm³/mol.